The van der Waals surface area contributed by atoms with E-state index < -0.39 is 9.04 Å². The normalized spacial score (nSPS) is 19.9. The van der Waals surface area contributed by atoms with Crippen molar-refractivity contribution in [3.05, 3.63) is 10.7 Å². The van der Waals surface area contributed by atoms with Gasteiger partial charge in [-0.15, -0.1) is 11.8 Å². The zero-order valence-electron chi connectivity index (χ0n) is 13.2. The van der Waals surface area contributed by atoms with Gasteiger partial charge in [-0.05, 0) is 30.7 Å². The molecule has 0 aliphatic heterocycles. The number of allylic oxidation sites excluding steroid dienone is 2. The molecule has 114 valence electrons. The summed E-state index contributed by atoms with van der Waals surface area (Å²) in [5.74, 6) is 2.15. The predicted octanol–water partition coefficient (Wildman–Crippen LogP) is 3.55. The van der Waals surface area contributed by atoms with Gasteiger partial charge in [-0.3, -0.25) is 4.79 Å². The summed E-state index contributed by atoms with van der Waals surface area (Å²) in [5, 5.41) is 0. The van der Waals surface area contributed by atoms with Crippen LogP contribution in [-0.4, -0.2) is 26.9 Å². The molecule has 5 heteroatoms. The molecule has 1 aliphatic rings. The highest BCUT2D eigenvalue weighted by atomic mass is 32.2. The molecule has 0 heterocycles. The molecule has 1 unspecified atom stereocenters. The second-order valence-corrected chi connectivity index (χ2v) is 10.0. The van der Waals surface area contributed by atoms with E-state index in [1.54, 1.807) is 11.8 Å². The van der Waals surface area contributed by atoms with E-state index in [0.29, 0.717) is 12.8 Å². The van der Waals surface area contributed by atoms with Crippen molar-refractivity contribution in [3.63, 3.8) is 0 Å². The van der Waals surface area contributed by atoms with Crippen molar-refractivity contribution in [2.24, 2.45) is 11.3 Å². The molecule has 0 spiro atoms. The van der Waals surface area contributed by atoms with Crippen LogP contribution in [0.1, 0.15) is 40.0 Å². The molecule has 0 saturated carbocycles. The van der Waals surface area contributed by atoms with E-state index in [-0.39, 0.29) is 17.1 Å². The standard InChI is InChI=1S/C15H26O3SSi/c1-15(2,3)11-10-12(17)14(13(11)18-20(4)5)19-9-7-6-8-16/h8,11,20H,6-7,9-10H2,1-5H3. The third kappa shape index (κ3) is 4.77. The average Bonchev–Trinajstić information content (AvgIpc) is 2.61. The van der Waals surface area contributed by atoms with Crippen molar-refractivity contribution >= 4 is 32.9 Å². The first-order chi connectivity index (χ1) is 9.27. The summed E-state index contributed by atoms with van der Waals surface area (Å²) in [6.45, 7) is 10.7. The fraction of sp³-hybridized carbons (Fsp3) is 0.733. The fourth-order valence-corrected chi connectivity index (χ4v) is 4.22. The summed E-state index contributed by atoms with van der Waals surface area (Å²) in [7, 11) is -1.23. The smallest absolute Gasteiger partial charge is 0.229 e. The minimum absolute atomic E-state index is 0.0411. The Labute approximate surface area is 128 Å². The van der Waals surface area contributed by atoms with Crippen LogP contribution in [0.2, 0.25) is 13.1 Å². The first-order valence-corrected chi connectivity index (χ1v) is 11.0. The Balaban J connectivity index is 2.89. The van der Waals surface area contributed by atoms with E-state index in [4.69, 9.17) is 4.43 Å². The highest BCUT2D eigenvalue weighted by molar-refractivity contribution is 8.04. The highest BCUT2D eigenvalue weighted by Gasteiger charge is 2.40. The average molecular weight is 315 g/mol. The van der Waals surface area contributed by atoms with Crippen LogP contribution >= 0.6 is 11.8 Å². The SMILES string of the molecule is C[SiH](C)OC1=C(SCCCC=O)C(=O)CC1C(C)(C)C. The molecule has 20 heavy (non-hydrogen) atoms. The number of hydrogen-bond donors (Lipinski definition) is 0. The predicted molar refractivity (Wildman–Crippen MR) is 87.3 cm³/mol. The maximum Gasteiger partial charge on any atom is 0.229 e. The zero-order valence-corrected chi connectivity index (χ0v) is 15.2. The Kier molecular flexibility index (Phi) is 6.52. The van der Waals surface area contributed by atoms with Crippen LogP contribution in [0.4, 0.5) is 0 Å². The molecule has 0 fully saturated rings. The van der Waals surface area contributed by atoms with Gasteiger partial charge in [0.1, 0.15) is 12.0 Å². The molecule has 3 nitrogen and oxygen atoms in total. The molecule has 0 radical (unpaired) electrons. The van der Waals surface area contributed by atoms with Crippen LogP contribution in [0.15, 0.2) is 10.7 Å². The Morgan fingerprint density at radius 3 is 2.55 bits per heavy atom. The number of Topliss-reactive ketones (excluding diaryl/α,β-unsaturated/α-hetero) is 1. The van der Waals surface area contributed by atoms with E-state index in [9.17, 15) is 9.59 Å². The number of rotatable bonds is 7. The van der Waals surface area contributed by atoms with Gasteiger partial charge in [0.25, 0.3) is 0 Å². The third-order valence-electron chi connectivity index (χ3n) is 3.30. The molecule has 0 aromatic rings. The van der Waals surface area contributed by atoms with E-state index in [1.807, 2.05) is 0 Å². The quantitative estimate of drug-likeness (QED) is 0.409. The molecule has 1 rings (SSSR count). The van der Waals surface area contributed by atoms with Gasteiger partial charge in [0, 0.05) is 18.8 Å². The summed E-state index contributed by atoms with van der Waals surface area (Å²) in [4.78, 5) is 23.4. The maximum atomic E-state index is 12.3. The summed E-state index contributed by atoms with van der Waals surface area (Å²) in [5.41, 5.74) is 0.0411. The molecule has 0 aromatic carbocycles. The molecule has 0 saturated heterocycles. The number of hydrogen-bond acceptors (Lipinski definition) is 4. The molecular formula is C15H26O3SSi. The molecule has 0 N–H and O–H groups in total. The summed E-state index contributed by atoms with van der Waals surface area (Å²) >= 11 is 1.57. The molecule has 1 aliphatic carbocycles. The van der Waals surface area contributed by atoms with E-state index in [2.05, 4.69) is 33.9 Å². The highest BCUT2D eigenvalue weighted by Crippen LogP contribution is 2.45. The van der Waals surface area contributed by atoms with Crippen LogP contribution in [-0.2, 0) is 14.0 Å². The first-order valence-electron chi connectivity index (χ1n) is 7.27. The Morgan fingerprint density at radius 2 is 2.05 bits per heavy atom. The van der Waals surface area contributed by atoms with Crippen LogP contribution < -0.4 is 0 Å². The van der Waals surface area contributed by atoms with Crippen molar-refractivity contribution in [1.82, 2.24) is 0 Å². The second kappa shape index (κ2) is 7.45. The maximum absolute atomic E-state index is 12.3. The van der Waals surface area contributed by atoms with Crippen LogP contribution in [0.3, 0.4) is 0 Å². The molecule has 0 aromatic heterocycles. The number of carbonyl (C=O) groups excluding carboxylic acids is 2. The van der Waals surface area contributed by atoms with Crippen molar-refractivity contribution in [3.8, 4) is 0 Å². The minimum atomic E-state index is -1.23. The topological polar surface area (TPSA) is 43.4 Å². The zero-order chi connectivity index (χ0) is 15.3. The van der Waals surface area contributed by atoms with Crippen molar-refractivity contribution in [2.75, 3.05) is 5.75 Å². The van der Waals surface area contributed by atoms with Crippen LogP contribution in [0, 0.1) is 11.3 Å². The van der Waals surface area contributed by atoms with Gasteiger partial charge in [-0.2, -0.15) is 0 Å². The minimum Gasteiger partial charge on any atom is -0.549 e. The van der Waals surface area contributed by atoms with Gasteiger partial charge in [0.15, 0.2) is 5.78 Å². The number of thioether (sulfide) groups is 1. The number of unbranched alkanes of at least 4 members (excludes halogenated alkanes) is 1. The van der Waals surface area contributed by atoms with Gasteiger partial charge in [-0.25, -0.2) is 0 Å². The van der Waals surface area contributed by atoms with Crippen molar-refractivity contribution in [2.45, 2.75) is 53.1 Å². The lowest BCUT2D eigenvalue weighted by molar-refractivity contribution is -0.115. The Bertz CT molecular complexity index is 396. The van der Waals surface area contributed by atoms with E-state index >= 15 is 0 Å². The largest absolute Gasteiger partial charge is 0.549 e. The van der Waals surface area contributed by atoms with Crippen molar-refractivity contribution < 1.29 is 14.0 Å². The summed E-state index contributed by atoms with van der Waals surface area (Å²) < 4.78 is 6.10. The summed E-state index contributed by atoms with van der Waals surface area (Å²) in [6.07, 6.45) is 2.88. The van der Waals surface area contributed by atoms with E-state index in [0.717, 1.165) is 29.1 Å². The monoisotopic (exact) mass is 314 g/mol. The van der Waals surface area contributed by atoms with Gasteiger partial charge in [0.05, 0.1) is 4.91 Å². The molecular weight excluding hydrogens is 288 g/mol. The van der Waals surface area contributed by atoms with E-state index in [1.165, 1.54) is 0 Å². The number of aldehydes is 1. The molecule has 1 atom stereocenters. The van der Waals surface area contributed by atoms with Gasteiger partial charge in [0.2, 0.25) is 9.04 Å². The lowest BCUT2D eigenvalue weighted by Gasteiger charge is -2.30. The second-order valence-electron chi connectivity index (χ2n) is 6.56. The summed E-state index contributed by atoms with van der Waals surface area (Å²) in [6, 6.07) is 0. The van der Waals surface area contributed by atoms with Crippen LogP contribution in [0.25, 0.3) is 0 Å². The Hall–Kier alpha value is -0.553. The van der Waals surface area contributed by atoms with Crippen LogP contribution in [0.5, 0.6) is 0 Å². The number of carbonyl (C=O) groups is 2. The number of ketones is 1. The molecule has 0 amide bonds. The molecule has 0 bridgehead atoms. The van der Waals surface area contributed by atoms with Gasteiger partial charge >= 0.3 is 0 Å². The van der Waals surface area contributed by atoms with Crippen molar-refractivity contribution in [1.29, 1.82) is 0 Å². The van der Waals surface area contributed by atoms with Gasteiger partial charge in [-0.1, -0.05) is 20.8 Å². The lowest BCUT2D eigenvalue weighted by Crippen LogP contribution is -2.24. The lowest BCUT2D eigenvalue weighted by atomic mass is 9.79. The van der Waals surface area contributed by atoms with Gasteiger partial charge < -0.3 is 9.22 Å². The first kappa shape index (κ1) is 17.5. The third-order valence-corrected chi connectivity index (χ3v) is 5.24. The fourth-order valence-electron chi connectivity index (χ4n) is 2.25. The Morgan fingerprint density at radius 1 is 1.40 bits per heavy atom.